The summed E-state index contributed by atoms with van der Waals surface area (Å²) in [7, 11) is 1.83. The van der Waals surface area contributed by atoms with Crippen LogP contribution in [0.5, 0.6) is 0 Å². The van der Waals surface area contributed by atoms with E-state index in [2.05, 4.69) is 46.8 Å². The van der Waals surface area contributed by atoms with E-state index in [4.69, 9.17) is 16.3 Å². The summed E-state index contributed by atoms with van der Waals surface area (Å²) in [5.41, 5.74) is 5.31. The molecule has 0 unspecified atom stereocenters. The second-order valence-electron chi connectivity index (χ2n) is 8.32. The lowest BCUT2D eigenvalue weighted by Crippen LogP contribution is -2.47. The fourth-order valence-electron chi connectivity index (χ4n) is 3.85. The van der Waals surface area contributed by atoms with Crippen molar-refractivity contribution < 1.29 is 14.3 Å². The largest absolute Gasteiger partial charge is 0.462 e. The van der Waals surface area contributed by atoms with Gasteiger partial charge in [0, 0.05) is 12.4 Å². The molecule has 0 spiro atoms. The predicted molar refractivity (Wildman–Crippen MR) is 121 cm³/mol. The van der Waals surface area contributed by atoms with Crippen molar-refractivity contribution in [2.24, 2.45) is 7.05 Å². The van der Waals surface area contributed by atoms with Crippen LogP contribution in [-0.4, -0.2) is 39.7 Å². The summed E-state index contributed by atoms with van der Waals surface area (Å²) in [6.07, 6.45) is 3.16. The molecule has 0 saturated carbocycles. The number of carbonyl (C=O) groups excluding carboxylic acids is 2. The summed E-state index contributed by atoms with van der Waals surface area (Å²) in [5.74, 6) is -1.07. The maximum Gasteiger partial charge on any atom is 0.320 e. The summed E-state index contributed by atoms with van der Waals surface area (Å²) in [5, 5.41) is 8.12. The molecule has 1 N–H and O–H groups in total. The van der Waals surface area contributed by atoms with Crippen LogP contribution in [0.25, 0.3) is 16.5 Å². The lowest BCUT2D eigenvalue weighted by molar-refractivity contribution is -0.142. The standard InChI is InChI=1S/C24H24ClN3O3/c1-24(2,14-31-21(29)13-25)26-23(30)22-19-11-9-16(12-20(19)28(3)27-22)18-10-8-15-6-4-5-7-17(15)18/h4-7,9-12H,8,13-14H2,1-3H3,(H,26,30). The molecule has 1 amide bonds. The first-order valence-electron chi connectivity index (χ1n) is 10.1. The molecule has 1 heterocycles. The topological polar surface area (TPSA) is 73.2 Å². The first kappa shape index (κ1) is 21.1. The number of rotatable bonds is 6. The van der Waals surface area contributed by atoms with E-state index >= 15 is 0 Å². The number of nitrogens with one attached hydrogen (secondary N) is 1. The van der Waals surface area contributed by atoms with Gasteiger partial charge in [-0.15, -0.1) is 11.6 Å². The zero-order chi connectivity index (χ0) is 22.2. The molecule has 0 saturated heterocycles. The highest BCUT2D eigenvalue weighted by Crippen LogP contribution is 2.34. The van der Waals surface area contributed by atoms with Crippen molar-refractivity contribution in [2.45, 2.75) is 25.8 Å². The molecule has 2 aromatic carbocycles. The van der Waals surface area contributed by atoms with Crippen molar-refractivity contribution in [1.82, 2.24) is 15.1 Å². The zero-order valence-corrected chi connectivity index (χ0v) is 18.5. The number of aryl methyl sites for hydroxylation is 1. The van der Waals surface area contributed by atoms with Crippen molar-refractivity contribution in [1.29, 1.82) is 0 Å². The Labute approximate surface area is 185 Å². The number of carbonyl (C=O) groups is 2. The van der Waals surface area contributed by atoms with Gasteiger partial charge in [-0.3, -0.25) is 14.3 Å². The van der Waals surface area contributed by atoms with Crippen molar-refractivity contribution in [3.63, 3.8) is 0 Å². The highest BCUT2D eigenvalue weighted by molar-refractivity contribution is 6.26. The van der Waals surface area contributed by atoms with Crippen LogP contribution in [0, 0.1) is 0 Å². The molecule has 0 radical (unpaired) electrons. The van der Waals surface area contributed by atoms with E-state index in [1.54, 1.807) is 18.5 Å². The Hall–Kier alpha value is -3.12. The Morgan fingerprint density at radius 3 is 2.77 bits per heavy atom. The normalized spacial score (nSPS) is 13.1. The van der Waals surface area contributed by atoms with Crippen LogP contribution in [0.2, 0.25) is 0 Å². The lowest BCUT2D eigenvalue weighted by atomic mass is 9.98. The Morgan fingerprint density at radius 2 is 2.00 bits per heavy atom. The molecule has 0 aliphatic heterocycles. The molecule has 3 aromatic rings. The molecule has 0 fully saturated rings. The smallest absolute Gasteiger partial charge is 0.320 e. The van der Waals surface area contributed by atoms with Crippen molar-refractivity contribution in [3.05, 3.63) is 70.9 Å². The summed E-state index contributed by atoms with van der Waals surface area (Å²) in [6.45, 7) is 3.58. The monoisotopic (exact) mass is 437 g/mol. The van der Waals surface area contributed by atoms with Crippen LogP contribution in [0.15, 0.2) is 48.5 Å². The molecule has 7 heteroatoms. The molecule has 1 aromatic heterocycles. The van der Waals surface area contributed by atoms with Gasteiger partial charge in [-0.05, 0) is 54.7 Å². The lowest BCUT2D eigenvalue weighted by Gasteiger charge is -2.25. The third-order valence-corrected chi connectivity index (χ3v) is 5.58. The van der Waals surface area contributed by atoms with E-state index in [9.17, 15) is 9.59 Å². The average Bonchev–Trinajstić information content (AvgIpc) is 3.33. The maximum atomic E-state index is 12.9. The van der Waals surface area contributed by atoms with E-state index in [1.165, 1.54) is 16.7 Å². The van der Waals surface area contributed by atoms with Gasteiger partial charge in [-0.25, -0.2) is 0 Å². The first-order valence-corrected chi connectivity index (χ1v) is 10.6. The van der Waals surface area contributed by atoms with Crippen LogP contribution in [0.3, 0.4) is 0 Å². The Balaban J connectivity index is 1.60. The Morgan fingerprint density at radius 1 is 1.23 bits per heavy atom. The Kier molecular flexibility index (Phi) is 5.58. The number of halogens is 1. The van der Waals surface area contributed by atoms with Gasteiger partial charge in [0.05, 0.1) is 11.1 Å². The van der Waals surface area contributed by atoms with Crippen LogP contribution >= 0.6 is 11.6 Å². The maximum absolute atomic E-state index is 12.9. The third-order valence-electron chi connectivity index (χ3n) is 5.37. The van der Waals surface area contributed by atoms with E-state index in [0.717, 1.165) is 22.9 Å². The van der Waals surface area contributed by atoms with Gasteiger partial charge in [-0.1, -0.05) is 36.4 Å². The molecule has 31 heavy (non-hydrogen) atoms. The molecule has 6 nitrogen and oxygen atoms in total. The van der Waals surface area contributed by atoms with Gasteiger partial charge in [0.15, 0.2) is 5.69 Å². The average molecular weight is 438 g/mol. The Bertz CT molecular complexity index is 1210. The molecule has 160 valence electrons. The second-order valence-corrected chi connectivity index (χ2v) is 8.58. The minimum absolute atomic E-state index is 0.0206. The first-order chi connectivity index (χ1) is 14.8. The zero-order valence-electron chi connectivity index (χ0n) is 17.7. The number of hydrogen-bond donors (Lipinski definition) is 1. The molecular formula is C24H24ClN3O3. The van der Waals surface area contributed by atoms with Crippen LogP contribution in [-0.2, 0) is 23.0 Å². The van der Waals surface area contributed by atoms with Gasteiger partial charge in [0.2, 0.25) is 0 Å². The fraction of sp³-hybridized carbons (Fsp3) is 0.292. The molecule has 0 bridgehead atoms. The number of aromatic nitrogens is 2. The molecular weight excluding hydrogens is 414 g/mol. The van der Waals surface area contributed by atoms with Gasteiger partial charge in [0.1, 0.15) is 12.5 Å². The van der Waals surface area contributed by atoms with E-state index in [1.807, 2.05) is 19.2 Å². The number of allylic oxidation sites excluding steroid dienone is 1. The summed E-state index contributed by atoms with van der Waals surface area (Å²) in [6, 6.07) is 14.4. The van der Waals surface area contributed by atoms with Crippen LogP contribution in [0.1, 0.15) is 41.0 Å². The minimum atomic E-state index is -0.763. The molecule has 0 atom stereocenters. The van der Waals surface area contributed by atoms with E-state index in [-0.39, 0.29) is 18.4 Å². The predicted octanol–water partition coefficient (Wildman–Crippen LogP) is 3.85. The number of amides is 1. The number of hydrogen-bond acceptors (Lipinski definition) is 4. The third kappa shape index (κ3) is 4.21. The van der Waals surface area contributed by atoms with Gasteiger partial charge in [-0.2, -0.15) is 5.10 Å². The second kappa shape index (κ2) is 8.19. The number of benzene rings is 2. The summed E-state index contributed by atoms with van der Waals surface area (Å²) >= 11 is 5.46. The highest BCUT2D eigenvalue weighted by atomic mass is 35.5. The van der Waals surface area contributed by atoms with Crippen LogP contribution < -0.4 is 5.32 Å². The SMILES string of the molecule is Cn1nc(C(=O)NC(C)(C)COC(=O)CCl)c2ccc(C3=CCc4ccccc43)cc21. The van der Waals surface area contributed by atoms with Crippen LogP contribution in [0.4, 0.5) is 0 Å². The van der Waals surface area contributed by atoms with E-state index in [0.29, 0.717) is 5.69 Å². The number of alkyl halides is 1. The van der Waals surface area contributed by atoms with Crippen molar-refractivity contribution in [3.8, 4) is 0 Å². The molecule has 4 rings (SSSR count). The summed E-state index contributed by atoms with van der Waals surface area (Å²) < 4.78 is 6.79. The van der Waals surface area contributed by atoms with Crippen molar-refractivity contribution in [2.75, 3.05) is 12.5 Å². The number of nitrogens with zero attached hydrogens (tertiary/aromatic N) is 2. The number of ether oxygens (including phenoxy) is 1. The summed E-state index contributed by atoms with van der Waals surface area (Å²) in [4.78, 5) is 24.3. The molecule has 1 aliphatic rings. The van der Waals surface area contributed by atoms with Gasteiger partial charge < -0.3 is 10.1 Å². The van der Waals surface area contributed by atoms with Gasteiger partial charge in [0.25, 0.3) is 5.91 Å². The van der Waals surface area contributed by atoms with Crippen molar-refractivity contribution >= 4 is 40.0 Å². The number of fused-ring (bicyclic) bond motifs is 2. The van der Waals surface area contributed by atoms with E-state index < -0.39 is 11.5 Å². The number of esters is 1. The quantitative estimate of drug-likeness (QED) is 0.469. The minimum Gasteiger partial charge on any atom is -0.462 e. The van der Waals surface area contributed by atoms with Gasteiger partial charge >= 0.3 is 5.97 Å². The molecule has 1 aliphatic carbocycles. The fourth-order valence-corrected chi connectivity index (χ4v) is 3.93. The highest BCUT2D eigenvalue weighted by Gasteiger charge is 2.26.